The summed E-state index contributed by atoms with van der Waals surface area (Å²) in [4.78, 5) is 30.2. The number of hydrogen-bond acceptors (Lipinski definition) is 6. The highest BCUT2D eigenvalue weighted by Crippen LogP contribution is 2.23. The third kappa shape index (κ3) is 3.44. The number of nitrogens with zero attached hydrogens (tertiary/aromatic N) is 4. The Kier molecular flexibility index (Phi) is 4.43. The van der Waals surface area contributed by atoms with E-state index in [2.05, 4.69) is 25.3 Å². The first-order valence-electron chi connectivity index (χ1n) is 8.08. The number of fused-ring (bicyclic) bond motifs is 1. The molecule has 0 radical (unpaired) electrons. The molecule has 27 heavy (non-hydrogen) atoms. The van der Waals surface area contributed by atoms with E-state index in [1.807, 2.05) is 23.6 Å². The fourth-order valence-corrected chi connectivity index (χ4v) is 3.09. The highest BCUT2D eigenvalue weighted by Gasteiger charge is 2.14. The molecule has 4 rings (SSSR count). The molecule has 136 valence electrons. The first-order valence-corrected chi connectivity index (χ1v) is 9.02. The number of benzene rings is 1. The second-order valence-electron chi connectivity index (χ2n) is 5.72. The Morgan fingerprint density at radius 2 is 2.15 bits per heavy atom. The van der Waals surface area contributed by atoms with Crippen molar-refractivity contribution in [3.05, 3.63) is 47.3 Å². The third-order valence-electron chi connectivity index (χ3n) is 3.98. The van der Waals surface area contributed by atoms with E-state index in [1.54, 1.807) is 30.8 Å². The Labute approximate surface area is 158 Å². The number of amides is 2. The first kappa shape index (κ1) is 17.0. The zero-order valence-electron chi connectivity index (χ0n) is 14.6. The van der Waals surface area contributed by atoms with Crippen LogP contribution in [0.2, 0.25) is 0 Å². The lowest BCUT2D eigenvalue weighted by Gasteiger charge is -2.17. The summed E-state index contributed by atoms with van der Waals surface area (Å²) in [5.41, 5.74) is 4.82. The van der Waals surface area contributed by atoms with Crippen molar-refractivity contribution in [2.75, 3.05) is 24.4 Å². The quantitative estimate of drug-likeness (QED) is 0.562. The Balaban J connectivity index is 1.54. The Hall–Kier alpha value is -3.46. The van der Waals surface area contributed by atoms with Gasteiger partial charge in [0.25, 0.3) is 0 Å². The number of urea groups is 1. The molecule has 0 aliphatic heterocycles. The van der Waals surface area contributed by atoms with Gasteiger partial charge in [-0.3, -0.25) is 4.90 Å². The second-order valence-corrected chi connectivity index (χ2v) is 6.44. The maximum absolute atomic E-state index is 12.5. The summed E-state index contributed by atoms with van der Waals surface area (Å²) in [5, 5.41) is 4.78. The molecule has 0 unspecified atom stereocenters. The Morgan fingerprint density at radius 1 is 1.26 bits per heavy atom. The van der Waals surface area contributed by atoms with Crippen LogP contribution in [0.25, 0.3) is 22.6 Å². The molecule has 0 atom stereocenters. The molecular weight excluding hydrogens is 364 g/mol. The van der Waals surface area contributed by atoms with Crippen LogP contribution in [-0.2, 0) is 0 Å². The summed E-state index contributed by atoms with van der Waals surface area (Å²) in [7, 11) is 3.18. The summed E-state index contributed by atoms with van der Waals surface area (Å²) in [6.07, 6.45) is 0. The van der Waals surface area contributed by atoms with Crippen molar-refractivity contribution in [1.29, 1.82) is 0 Å². The molecule has 8 nitrogen and oxygen atoms in total. The van der Waals surface area contributed by atoms with E-state index >= 15 is 0 Å². The summed E-state index contributed by atoms with van der Waals surface area (Å²) in [6.45, 7) is 0. The molecule has 2 amide bonds. The number of carbonyl (C=O) groups is 1. The number of imidazole rings is 1. The van der Waals surface area contributed by atoms with Gasteiger partial charge in [0.05, 0.1) is 23.7 Å². The molecule has 0 saturated heterocycles. The van der Waals surface area contributed by atoms with E-state index in [1.165, 1.54) is 23.3 Å². The molecule has 3 heterocycles. The predicted molar refractivity (Wildman–Crippen MR) is 105 cm³/mol. The minimum atomic E-state index is -0.314. The van der Waals surface area contributed by atoms with Crippen molar-refractivity contribution in [2.45, 2.75) is 0 Å². The number of nitrogens with one attached hydrogen (secondary N) is 2. The predicted octanol–water partition coefficient (Wildman–Crippen LogP) is 3.76. The van der Waals surface area contributed by atoms with Gasteiger partial charge < -0.3 is 15.0 Å². The Morgan fingerprint density at radius 3 is 2.93 bits per heavy atom. The molecule has 9 heteroatoms. The minimum Gasteiger partial charge on any atom is -0.481 e. The number of aromatic nitrogens is 4. The molecular formula is C18H16N6O2S. The van der Waals surface area contributed by atoms with Crippen molar-refractivity contribution in [3.63, 3.8) is 0 Å². The number of methoxy groups -OCH3 is 1. The molecule has 3 aromatic heterocycles. The van der Waals surface area contributed by atoms with Crippen molar-refractivity contribution >= 4 is 39.9 Å². The van der Waals surface area contributed by atoms with Gasteiger partial charge in [0.1, 0.15) is 11.5 Å². The molecule has 2 N–H and O–H groups in total. The molecule has 0 saturated carbocycles. The standard InChI is InChI=1S/C18H16N6O2S/c1-24(15-4-3-5-16(23-15)26-2)18(25)20-11-6-7-12-13(8-11)22-17(21-12)14-9-27-10-19-14/h3-10H,1-2H3,(H,20,25)(H,21,22). The fraction of sp³-hybridized carbons (Fsp3) is 0.111. The third-order valence-corrected chi connectivity index (χ3v) is 4.56. The lowest BCUT2D eigenvalue weighted by Crippen LogP contribution is -2.31. The SMILES string of the molecule is COc1cccc(N(C)C(=O)Nc2ccc3[nH]c(-c4cscn4)nc3c2)n1. The number of aromatic amines is 1. The van der Waals surface area contributed by atoms with Gasteiger partial charge in [-0.2, -0.15) is 4.98 Å². The summed E-state index contributed by atoms with van der Waals surface area (Å²) in [5.74, 6) is 1.63. The zero-order chi connectivity index (χ0) is 18.8. The number of carbonyl (C=O) groups excluding carboxylic acids is 1. The highest BCUT2D eigenvalue weighted by molar-refractivity contribution is 7.07. The first-order chi connectivity index (χ1) is 13.1. The van der Waals surface area contributed by atoms with Crippen LogP contribution in [0.5, 0.6) is 5.88 Å². The molecule has 0 spiro atoms. The van der Waals surface area contributed by atoms with E-state index in [4.69, 9.17) is 4.74 Å². The van der Waals surface area contributed by atoms with Crippen LogP contribution in [0.4, 0.5) is 16.3 Å². The number of ether oxygens (including phenoxy) is 1. The van der Waals surface area contributed by atoms with Gasteiger partial charge in [-0.15, -0.1) is 11.3 Å². The van der Waals surface area contributed by atoms with Crippen molar-refractivity contribution in [1.82, 2.24) is 19.9 Å². The van der Waals surface area contributed by atoms with Gasteiger partial charge in [-0.1, -0.05) is 6.07 Å². The van der Waals surface area contributed by atoms with Gasteiger partial charge in [0.2, 0.25) is 5.88 Å². The van der Waals surface area contributed by atoms with Crippen molar-refractivity contribution in [2.24, 2.45) is 0 Å². The van der Waals surface area contributed by atoms with E-state index in [9.17, 15) is 4.79 Å². The Bertz CT molecular complexity index is 1090. The van der Waals surface area contributed by atoms with Crippen LogP contribution in [0, 0.1) is 0 Å². The van der Waals surface area contributed by atoms with E-state index in [-0.39, 0.29) is 6.03 Å². The van der Waals surface area contributed by atoms with Crippen LogP contribution < -0.4 is 15.0 Å². The van der Waals surface area contributed by atoms with Crippen LogP contribution >= 0.6 is 11.3 Å². The second kappa shape index (κ2) is 7.04. The number of H-pyrrole nitrogens is 1. The summed E-state index contributed by atoms with van der Waals surface area (Å²) in [6, 6.07) is 10.4. The van der Waals surface area contributed by atoms with Crippen molar-refractivity contribution < 1.29 is 9.53 Å². The maximum atomic E-state index is 12.5. The van der Waals surface area contributed by atoms with Crippen LogP contribution in [-0.4, -0.2) is 40.1 Å². The normalized spacial score (nSPS) is 10.7. The van der Waals surface area contributed by atoms with Crippen LogP contribution in [0.1, 0.15) is 0 Å². The van der Waals surface area contributed by atoms with Gasteiger partial charge in [0, 0.05) is 24.2 Å². The molecule has 0 aliphatic carbocycles. The van der Waals surface area contributed by atoms with Crippen LogP contribution in [0.15, 0.2) is 47.3 Å². The molecule has 0 aliphatic rings. The average molecular weight is 380 g/mol. The molecule has 0 bridgehead atoms. The van der Waals surface area contributed by atoms with Gasteiger partial charge in [-0.05, 0) is 24.3 Å². The van der Waals surface area contributed by atoms with Gasteiger partial charge in [0.15, 0.2) is 5.82 Å². The van der Waals surface area contributed by atoms with E-state index in [0.717, 1.165) is 16.7 Å². The molecule has 1 aromatic carbocycles. The van der Waals surface area contributed by atoms with Crippen LogP contribution in [0.3, 0.4) is 0 Å². The monoisotopic (exact) mass is 380 g/mol. The summed E-state index contributed by atoms with van der Waals surface area (Å²) < 4.78 is 5.10. The van der Waals surface area contributed by atoms with Gasteiger partial charge >= 0.3 is 6.03 Å². The highest BCUT2D eigenvalue weighted by atomic mass is 32.1. The topological polar surface area (TPSA) is 96.0 Å². The maximum Gasteiger partial charge on any atom is 0.327 e. The van der Waals surface area contributed by atoms with Crippen molar-refractivity contribution in [3.8, 4) is 17.4 Å². The number of rotatable bonds is 4. The smallest absolute Gasteiger partial charge is 0.327 e. The molecule has 4 aromatic rings. The number of hydrogen-bond donors (Lipinski definition) is 2. The lowest BCUT2D eigenvalue weighted by atomic mass is 10.3. The number of anilines is 2. The largest absolute Gasteiger partial charge is 0.481 e. The number of thiazole rings is 1. The van der Waals surface area contributed by atoms with E-state index in [0.29, 0.717) is 23.2 Å². The summed E-state index contributed by atoms with van der Waals surface area (Å²) >= 11 is 1.51. The fourth-order valence-electron chi connectivity index (χ4n) is 2.55. The lowest BCUT2D eigenvalue weighted by molar-refractivity contribution is 0.258. The van der Waals surface area contributed by atoms with Gasteiger partial charge in [-0.25, -0.2) is 14.8 Å². The number of pyridine rings is 1. The zero-order valence-corrected chi connectivity index (χ0v) is 15.4. The molecule has 0 fully saturated rings. The van der Waals surface area contributed by atoms with E-state index < -0.39 is 0 Å². The minimum absolute atomic E-state index is 0.314. The average Bonchev–Trinajstić information content (AvgIpc) is 3.36.